The third-order valence-electron chi connectivity index (χ3n) is 3.22. The van der Waals surface area contributed by atoms with Crippen molar-refractivity contribution in [2.45, 2.75) is 38.5 Å². The molecule has 0 aromatic heterocycles. The van der Waals surface area contributed by atoms with E-state index in [4.69, 9.17) is 0 Å². The Kier molecular flexibility index (Phi) is 10.5. The predicted octanol–water partition coefficient (Wildman–Crippen LogP) is 3.27. The fourth-order valence-corrected chi connectivity index (χ4v) is 1.86. The molecule has 0 amide bonds. The molecule has 1 fully saturated rings. The molecule has 0 saturated heterocycles. The normalized spacial score (nSPS) is 14.9. The lowest BCUT2D eigenvalue weighted by Crippen LogP contribution is -2.40. The van der Waals surface area contributed by atoms with E-state index in [1.807, 2.05) is 13.1 Å². The van der Waals surface area contributed by atoms with E-state index in [1.54, 1.807) is 0 Å². The van der Waals surface area contributed by atoms with E-state index in [1.165, 1.54) is 32.1 Å². The van der Waals surface area contributed by atoms with Crippen LogP contribution in [0.1, 0.15) is 38.5 Å². The van der Waals surface area contributed by atoms with Crippen LogP contribution in [0.4, 0.5) is 0 Å². The summed E-state index contributed by atoms with van der Waals surface area (Å²) < 4.78 is 0. The summed E-state index contributed by atoms with van der Waals surface area (Å²) in [7, 11) is 3.99. The van der Waals surface area contributed by atoms with Gasteiger partial charge in [-0.2, -0.15) is 0 Å². The molecule has 0 aliphatic heterocycles. The molecule has 0 unspecified atom stereocenters. The molecule has 0 radical (unpaired) electrons. The van der Waals surface area contributed by atoms with Crippen LogP contribution in [-0.4, -0.2) is 38.0 Å². The van der Waals surface area contributed by atoms with Gasteiger partial charge in [0.15, 0.2) is 5.96 Å². The number of nitrogens with one attached hydrogen (secondary N) is 1. The van der Waals surface area contributed by atoms with Crippen LogP contribution in [0.3, 0.4) is 0 Å². The number of aliphatic imine (C=N–C) groups is 1. The fourth-order valence-electron chi connectivity index (χ4n) is 1.86. The molecule has 3 nitrogen and oxygen atoms in total. The van der Waals surface area contributed by atoms with Crippen molar-refractivity contribution in [1.82, 2.24) is 10.2 Å². The van der Waals surface area contributed by atoms with Gasteiger partial charge in [-0.1, -0.05) is 12.5 Å². The number of allylic oxidation sites excluding steroid dienone is 1. The quantitative estimate of drug-likeness (QED) is 0.235. The van der Waals surface area contributed by atoms with Crippen LogP contribution in [0.2, 0.25) is 0 Å². The van der Waals surface area contributed by atoms with E-state index in [2.05, 4.69) is 28.8 Å². The summed E-state index contributed by atoms with van der Waals surface area (Å²) in [6, 6.07) is 0. The van der Waals surface area contributed by atoms with Crippen LogP contribution in [0.5, 0.6) is 0 Å². The smallest absolute Gasteiger partial charge is 0.193 e. The Hall–Kier alpha value is -0.260. The zero-order chi connectivity index (χ0) is 12.5. The molecule has 0 spiro atoms. The molecule has 4 heteroatoms. The number of hydrogen-bond acceptors (Lipinski definition) is 1. The molecule has 1 aliphatic rings. The summed E-state index contributed by atoms with van der Waals surface area (Å²) >= 11 is 0. The van der Waals surface area contributed by atoms with Crippen LogP contribution in [0.15, 0.2) is 17.6 Å². The Bertz CT molecular complexity index is 249. The highest BCUT2D eigenvalue weighted by Crippen LogP contribution is 2.27. The molecule has 0 heterocycles. The highest BCUT2D eigenvalue weighted by atomic mass is 127. The summed E-state index contributed by atoms with van der Waals surface area (Å²) in [5.74, 6) is 1.94. The van der Waals surface area contributed by atoms with Crippen molar-refractivity contribution in [1.29, 1.82) is 0 Å². The van der Waals surface area contributed by atoms with Crippen molar-refractivity contribution in [3.05, 3.63) is 12.7 Å². The highest BCUT2D eigenvalue weighted by molar-refractivity contribution is 14.0. The van der Waals surface area contributed by atoms with Crippen molar-refractivity contribution in [2.24, 2.45) is 10.9 Å². The van der Waals surface area contributed by atoms with Crippen molar-refractivity contribution in [2.75, 3.05) is 27.2 Å². The van der Waals surface area contributed by atoms with Gasteiger partial charge in [0.1, 0.15) is 0 Å². The Balaban J connectivity index is 0.00000289. The van der Waals surface area contributed by atoms with E-state index in [9.17, 15) is 0 Å². The number of rotatable bonds is 8. The topological polar surface area (TPSA) is 27.6 Å². The molecular weight excluding hydrogens is 337 g/mol. The van der Waals surface area contributed by atoms with Crippen molar-refractivity contribution in [3.63, 3.8) is 0 Å². The predicted molar refractivity (Wildman–Crippen MR) is 90.8 cm³/mol. The van der Waals surface area contributed by atoms with Gasteiger partial charge in [0.2, 0.25) is 0 Å². The molecule has 0 bridgehead atoms. The van der Waals surface area contributed by atoms with Crippen molar-refractivity contribution >= 4 is 29.9 Å². The highest BCUT2D eigenvalue weighted by Gasteiger charge is 2.21. The minimum Gasteiger partial charge on any atom is -0.356 e. The SMILES string of the molecule is C=CCCCCCN(C)C(=NC)NCC1CC1.I. The van der Waals surface area contributed by atoms with Gasteiger partial charge in [0.25, 0.3) is 0 Å². The second-order valence-corrected chi connectivity index (χ2v) is 4.93. The lowest BCUT2D eigenvalue weighted by Gasteiger charge is -2.22. The van der Waals surface area contributed by atoms with Crippen LogP contribution in [0.25, 0.3) is 0 Å². The van der Waals surface area contributed by atoms with Gasteiger partial charge in [-0.3, -0.25) is 4.99 Å². The molecule has 0 aromatic rings. The zero-order valence-electron chi connectivity index (χ0n) is 11.8. The van der Waals surface area contributed by atoms with Gasteiger partial charge in [-0.05, 0) is 38.0 Å². The van der Waals surface area contributed by atoms with Crippen LogP contribution in [-0.2, 0) is 0 Å². The summed E-state index contributed by atoms with van der Waals surface area (Å²) in [5.41, 5.74) is 0. The number of halogens is 1. The van der Waals surface area contributed by atoms with E-state index < -0.39 is 0 Å². The summed E-state index contributed by atoms with van der Waals surface area (Å²) in [5, 5.41) is 3.44. The average Bonchev–Trinajstić information content (AvgIpc) is 3.13. The van der Waals surface area contributed by atoms with E-state index in [-0.39, 0.29) is 24.0 Å². The first-order valence-corrected chi connectivity index (χ1v) is 6.80. The van der Waals surface area contributed by atoms with E-state index >= 15 is 0 Å². The molecule has 0 aromatic carbocycles. The van der Waals surface area contributed by atoms with Crippen molar-refractivity contribution < 1.29 is 0 Å². The molecule has 1 aliphatic carbocycles. The van der Waals surface area contributed by atoms with Crippen molar-refractivity contribution in [3.8, 4) is 0 Å². The summed E-state index contributed by atoms with van der Waals surface area (Å²) in [6.07, 6.45) is 9.67. The molecule has 1 N–H and O–H groups in total. The fraction of sp³-hybridized carbons (Fsp3) is 0.786. The van der Waals surface area contributed by atoms with Crippen LogP contribution >= 0.6 is 24.0 Å². The molecule has 0 atom stereocenters. The van der Waals surface area contributed by atoms with Crippen LogP contribution < -0.4 is 5.32 Å². The Morgan fingerprint density at radius 2 is 2.11 bits per heavy atom. The summed E-state index contributed by atoms with van der Waals surface area (Å²) in [6.45, 7) is 5.92. The monoisotopic (exact) mass is 365 g/mol. The Labute approximate surface area is 129 Å². The maximum absolute atomic E-state index is 4.32. The first kappa shape index (κ1) is 17.7. The van der Waals surface area contributed by atoms with Gasteiger partial charge in [-0.25, -0.2) is 0 Å². The second-order valence-electron chi connectivity index (χ2n) is 4.93. The van der Waals surface area contributed by atoms with Gasteiger partial charge in [-0.15, -0.1) is 30.6 Å². The average molecular weight is 365 g/mol. The molecule has 18 heavy (non-hydrogen) atoms. The molecule has 1 saturated carbocycles. The Morgan fingerprint density at radius 3 is 2.67 bits per heavy atom. The molecular formula is C14H28IN3. The third-order valence-corrected chi connectivity index (χ3v) is 3.22. The lowest BCUT2D eigenvalue weighted by atomic mass is 10.2. The zero-order valence-corrected chi connectivity index (χ0v) is 14.2. The third kappa shape index (κ3) is 7.95. The standard InChI is InChI=1S/C14H27N3.HI/c1-4-5-6-7-8-11-17(3)14(15-2)16-12-13-9-10-13;/h4,13H,1,5-12H2,2-3H3,(H,15,16);1H. The van der Waals surface area contributed by atoms with Gasteiger partial charge < -0.3 is 10.2 Å². The number of nitrogens with zero attached hydrogens (tertiary/aromatic N) is 2. The van der Waals surface area contributed by atoms with E-state index in [0.717, 1.165) is 31.4 Å². The lowest BCUT2D eigenvalue weighted by molar-refractivity contribution is 0.454. The molecule has 106 valence electrons. The minimum absolute atomic E-state index is 0. The maximum atomic E-state index is 4.32. The van der Waals surface area contributed by atoms with E-state index in [0.29, 0.717) is 0 Å². The minimum atomic E-state index is 0. The molecule has 1 rings (SSSR count). The largest absolute Gasteiger partial charge is 0.356 e. The first-order valence-electron chi connectivity index (χ1n) is 6.80. The van der Waals surface area contributed by atoms with Crippen LogP contribution in [0, 0.1) is 5.92 Å². The Morgan fingerprint density at radius 1 is 1.39 bits per heavy atom. The first-order chi connectivity index (χ1) is 8.27. The number of guanidine groups is 1. The number of hydrogen-bond donors (Lipinski definition) is 1. The second kappa shape index (κ2) is 10.6. The van der Waals surface area contributed by atoms with Gasteiger partial charge >= 0.3 is 0 Å². The number of unbranched alkanes of at least 4 members (excludes halogenated alkanes) is 3. The van der Waals surface area contributed by atoms with Gasteiger partial charge in [0.05, 0.1) is 0 Å². The summed E-state index contributed by atoms with van der Waals surface area (Å²) in [4.78, 5) is 6.55. The maximum Gasteiger partial charge on any atom is 0.193 e. The van der Waals surface area contributed by atoms with Gasteiger partial charge in [0, 0.05) is 27.2 Å².